The van der Waals surface area contributed by atoms with Crippen molar-refractivity contribution < 1.29 is 14.1 Å². The zero-order valence-corrected chi connectivity index (χ0v) is 16.5. The van der Waals surface area contributed by atoms with Crippen LogP contribution in [0.15, 0.2) is 48.5 Å². The molecule has 1 fully saturated rings. The first-order chi connectivity index (χ1) is 13.6. The summed E-state index contributed by atoms with van der Waals surface area (Å²) in [7, 11) is 0. The van der Waals surface area contributed by atoms with Crippen LogP contribution in [-0.2, 0) is 11.2 Å². The van der Waals surface area contributed by atoms with Crippen molar-refractivity contribution in [1.29, 1.82) is 0 Å². The smallest absolute Gasteiger partial charge is 0.278 e. The number of nitrogens with zero attached hydrogens (tertiary/aromatic N) is 1. The standard InChI is InChI=1S/C23H28FN3O/c1-17(23(28)25-22-8-4-6-18-5-2-3-7-21(18)22)26-13-15-27(16-14-26)20-11-9-19(24)10-12-20/h2-3,5,7,9-12,17,22H,4,6,8,13-16H2,1H3,(H,25,28)/p+1/t17-,22+/m0/s1. The van der Waals surface area contributed by atoms with Crippen LogP contribution in [0.2, 0.25) is 0 Å². The SMILES string of the molecule is C[C@@H](C(=O)N[C@@H]1CCCc2ccccc21)[NH+]1CCN(c2ccc(F)cc2)CC1. The van der Waals surface area contributed by atoms with Gasteiger partial charge in [-0.2, -0.15) is 0 Å². The Morgan fingerprint density at radius 2 is 1.86 bits per heavy atom. The molecule has 2 aliphatic rings. The fourth-order valence-electron chi connectivity index (χ4n) is 4.52. The molecular formula is C23H29FN3O+. The number of nitrogens with one attached hydrogen (secondary N) is 2. The molecular weight excluding hydrogens is 353 g/mol. The van der Waals surface area contributed by atoms with Gasteiger partial charge in [-0.05, 0) is 61.6 Å². The van der Waals surface area contributed by atoms with E-state index in [-0.39, 0.29) is 23.8 Å². The molecule has 4 rings (SSSR count). The summed E-state index contributed by atoms with van der Waals surface area (Å²) >= 11 is 0. The first-order valence-corrected chi connectivity index (χ1v) is 10.3. The summed E-state index contributed by atoms with van der Waals surface area (Å²) in [6.45, 7) is 5.61. The molecule has 0 spiro atoms. The quantitative estimate of drug-likeness (QED) is 0.850. The molecule has 5 heteroatoms. The van der Waals surface area contributed by atoms with Crippen molar-refractivity contribution in [1.82, 2.24) is 5.32 Å². The van der Waals surface area contributed by atoms with Crippen LogP contribution in [0.4, 0.5) is 10.1 Å². The van der Waals surface area contributed by atoms with Gasteiger partial charge < -0.3 is 15.1 Å². The third-order valence-corrected chi connectivity index (χ3v) is 6.29. The fourth-order valence-corrected chi connectivity index (χ4v) is 4.52. The molecule has 1 aliphatic heterocycles. The minimum Gasteiger partial charge on any atom is -0.360 e. The van der Waals surface area contributed by atoms with Crippen LogP contribution in [0.1, 0.15) is 36.9 Å². The second-order valence-electron chi connectivity index (χ2n) is 8.00. The molecule has 0 radical (unpaired) electrons. The maximum Gasteiger partial charge on any atom is 0.278 e. The molecule has 2 atom stereocenters. The highest BCUT2D eigenvalue weighted by molar-refractivity contribution is 5.80. The largest absolute Gasteiger partial charge is 0.360 e. The van der Waals surface area contributed by atoms with Gasteiger partial charge in [0.05, 0.1) is 32.2 Å². The topological polar surface area (TPSA) is 36.8 Å². The summed E-state index contributed by atoms with van der Waals surface area (Å²) in [5, 5.41) is 3.31. The van der Waals surface area contributed by atoms with Gasteiger partial charge in [0.1, 0.15) is 5.82 Å². The van der Waals surface area contributed by atoms with Crippen molar-refractivity contribution in [3.8, 4) is 0 Å². The summed E-state index contributed by atoms with van der Waals surface area (Å²) in [4.78, 5) is 16.5. The minimum atomic E-state index is -0.206. The normalized spacial score (nSPS) is 21.1. The Kier molecular flexibility index (Phi) is 5.62. The van der Waals surface area contributed by atoms with Gasteiger partial charge in [-0.3, -0.25) is 4.79 Å². The molecule has 148 valence electrons. The maximum atomic E-state index is 13.1. The number of aryl methyl sites for hydroxylation is 1. The van der Waals surface area contributed by atoms with Crippen molar-refractivity contribution >= 4 is 11.6 Å². The summed E-state index contributed by atoms with van der Waals surface area (Å²) < 4.78 is 13.1. The van der Waals surface area contributed by atoms with Crippen molar-refractivity contribution in [2.45, 2.75) is 38.3 Å². The molecule has 1 saturated heterocycles. The molecule has 2 N–H and O–H groups in total. The molecule has 4 nitrogen and oxygen atoms in total. The minimum absolute atomic E-state index is 0.0653. The zero-order valence-electron chi connectivity index (χ0n) is 16.5. The van der Waals surface area contributed by atoms with Gasteiger partial charge in [0.2, 0.25) is 0 Å². The zero-order chi connectivity index (χ0) is 19.5. The molecule has 2 aromatic carbocycles. The van der Waals surface area contributed by atoms with Gasteiger partial charge in [0.15, 0.2) is 6.04 Å². The molecule has 0 bridgehead atoms. The van der Waals surface area contributed by atoms with Crippen LogP contribution in [-0.4, -0.2) is 38.1 Å². The predicted octanol–water partition coefficient (Wildman–Crippen LogP) is 2.11. The number of quaternary nitrogens is 1. The average molecular weight is 383 g/mol. The van der Waals surface area contributed by atoms with E-state index in [0.29, 0.717) is 0 Å². The lowest BCUT2D eigenvalue weighted by Crippen LogP contribution is -3.19. The number of halogens is 1. The number of fused-ring (bicyclic) bond motifs is 1. The average Bonchev–Trinajstić information content (AvgIpc) is 2.74. The maximum absolute atomic E-state index is 13.1. The number of benzene rings is 2. The number of amides is 1. The van der Waals surface area contributed by atoms with E-state index in [1.165, 1.54) is 28.2 Å². The Morgan fingerprint density at radius 1 is 1.14 bits per heavy atom. The van der Waals surface area contributed by atoms with Crippen molar-refractivity contribution in [2.24, 2.45) is 0 Å². The molecule has 1 amide bonds. The van der Waals surface area contributed by atoms with Crippen LogP contribution in [0.5, 0.6) is 0 Å². The van der Waals surface area contributed by atoms with Crippen LogP contribution in [0, 0.1) is 5.82 Å². The molecule has 0 aromatic heterocycles. The predicted molar refractivity (Wildman–Crippen MR) is 109 cm³/mol. The van der Waals surface area contributed by atoms with Gasteiger partial charge >= 0.3 is 0 Å². The first kappa shape index (κ1) is 18.9. The Bertz CT molecular complexity index is 815. The van der Waals surface area contributed by atoms with Crippen molar-refractivity contribution in [3.05, 3.63) is 65.5 Å². The first-order valence-electron chi connectivity index (χ1n) is 10.3. The lowest BCUT2D eigenvalue weighted by atomic mass is 9.87. The lowest BCUT2D eigenvalue weighted by molar-refractivity contribution is -0.914. The van der Waals surface area contributed by atoms with E-state index in [1.807, 2.05) is 19.1 Å². The number of anilines is 1. The summed E-state index contributed by atoms with van der Waals surface area (Å²) in [6, 6.07) is 15.2. The van der Waals surface area contributed by atoms with Gasteiger partial charge in [0.25, 0.3) is 5.91 Å². The second-order valence-corrected chi connectivity index (χ2v) is 8.00. The van der Waals surface area contributed by atoms with E-state index in [2.05, 4.69) is 34.5 Å². The molecule has 1 heterocycles. The summed E-state index contributed by atoms with van der Waals surface area (Å²) in [6.07, 6.45) is 3.25. The molecule has 0 saturated carbocycles. The molecule has 1 aliphatic carbocycles. The third-order valence-electron chi connectivity index (χ3n) is 6.29. The Morgan fingerprint density at radius 3 is 2.61 bits per heavy atom. The van der Waals surface area contributed by atoms with Crippen LogP contribution in [0.25, 0.3) is 0 Å². The summed E-state index contributed by atoms with van der Waals surface area (Å²) in [5.74, 6) is -0.0606. The number of carbonyl (C=O) groups is 1. The highest BCUT2D eigenvalue weighted by Crippen LogP contribution is 2.29. The van der Waals surface area contributed by atoms with E-state index < -0.39 is 0 Å². The highest BCUT2D eigenvalue weighted by Gasteiger charge is 2.31. The monoisotopic (exact) mass is 382 g/mol. The molecule has 28 heavy (non-hydrogen) atoms. The third kappa shape index (κ3) is 4.04. The number of piperazine rings is 1. The van der Waals surface area contributed by atoms with E-state index in [9.17, 15) is 9.18 Å². The summed E-state index contributed by atoms with van der Waals surface area (Å²) in [5.41, 5.74) is 3.70. The van der Waals surface area contributed by atoms with Crippen LogP contribution < -0.4 is 15.1 Å². The van der Waals surface area contributed by atoms with E-state index in [1.54, 1.807) is 0 Å². The van der Waals surface area contributed by atoms with E-state index in [0.717, 1.165) is 51.1 Å². The number of hydrogen-bond acceptors (Lipinski definition) is 2. The van der Waals surface area contributed by atoms with E-state index in [4.69, 9.17) is 0 Å². The van der Waals surface area contributed by atoms with Crippen LogP contribution in [0.3, 0.4) is 0 Å². The van der Waals surface area contributed by atoms with Crippen molar-refractivity contribution in [2.75, 3.05) is 31.1 Å². The van der Waals surface area contributed by atoms with Crippen molar-refractivity contribution in [3.63, 3.8) is 0 Å². The second kappa shape index (κ2) is 8.31. The van der Waals surface area contributed by atoms with E-state index >= 15 is 0 Å². The van der Waals surface area contributed by atoms with Gasteiger partial charge in [-0.25, -0.2) is 4.39 Å². The Balaban J connectivity index is 1.33. The Labute approximate surface area is 166 Å². The number of rotatable bonds is 4. The number of hydrogen-bond donors (Lipinski definition) is 2. The number of carbonyl (C=O) groups excluding carboxylic acids is 1. The fraction of sp³-hybridized carbons (Fsp3) is 0.435. The Hall–Kier alpha value is -2.40. The molecule has 2 aromatic rings. The van der Waals surface area contributed by atoms with Gasteiger partial charge in [-0.15, -0.1) is 0 Å². The van der Waals surface area contributed by atoms with Crippen LogP contribution >= 0.6 is 0 Å². The molecule has 0 unspecified atom stereocenters. The van der Waals surface area contributed by atoms with Gasteiger partial charge in [0, 0.05) is 5.69 Å². The van der Waals surface area contributed by atoms with Gasteiger partial charge in [-0.1, -0.05) is 24.3 Å². The highest BCUT2D eigenvalue weighted by atomic mass is 19.1. The lowest BCUT2D eigenvalue weighted by Gasteiger charge is -2.36.